The maximum atomic E-state index is 12.5. The molecule has 1 atom stereocenters. The van der Waals surface area contributed by atoms with Crippen LogP contribution in [-0.2, 0) is 14.3 Å². The lowest BCUT2D eigenvalue weighted by Crippen LogP contribution is -2.41. The van der Waals surface area contributed by atoms with Crippen LogP contribution in [0.3, 0.4) is 0 Å². The molecule has 9 heteroatoms. The Morgan fingerprint density at radius 2 is 1.87 bits per heavy atom. The second-order valence-corrected chi connectivity index (χ2v) is 7.18. The fourth-order valence-electron chi connectivity index (χ4n) is 3.34. The molecule has 1 unspecified atom stereocenters. The molecule has 1 N–H and O–H groups in total. The maximum Gasteiger partial charge on any atom is 0.309 e. The summed E-state index contributed by atoms with van der Waals surface area (Å²) in [5.41, 5.74) is 0.416. The van der Waals surface area contributed by atoms with Gasteiger partial charge >= 0.3 is 5.97 Å². The van der Waals surface area contributed by atoms with Crippen LogP contribution in [0.25, 0.3) is 0 Å². The van der Waals surface area contributed by atoms with Crippen LogP contribution in [0.1, 0.15) is 30.3 Å². The molecule has 3 rings (SSSR count). The van der Waals surface area contributed by atoms with E-state index in [0.29, 0.717) is 43.1 Å². The van der Waals surface area contributed by atoms with Crippen LogP contribution < -0.4 is 14.8 Å². The van der Waals surface area contributed by atoms with Crippen molar-refractivity contribution in [2.75, 3.05) is 32.6 Å². The Labute approximate surface area is 180 Å². The van der Waals surface area contributed by atoms with Crippen molar-refractivity contribution >= 4 is 23.5 Å². The van der Waals surface area contributed by atoms with E-state index in [2.05, 4.69) is 5.32 Å². The number of anilines is 1. The molecule has 1 aliphatic heterocycles. The molecule has 9 nitrogen and oxygen atoms in total. The number of methoxy groups -OCH3 is 2. The van der Waals surface area contributed by atoms with Crippen molar-refractivity contribution in [1.82, 2.24) is 4.90 Å². The molecule has 1 aromatic carbocycles. The fourth-order valence-corrected chi connectivity index (χ4v) is 3.34. The molecule has 166 valence electrons. The summed E-state index contributed by atoms with van der Waals surface area (Å²) in [7, 11) is 3.01. The van der Waals surface area contributed by atoms with Gasteiger partial charge in [0.2, 0.25) is 0 Å². The summed E-state index contributed by atoms with van der Waals surface area (Å²) in [6, 6.07) is 8.27. The van der Waals surface area contributed by atoms with Crippen LogP contribution in [0.2, 0.25) is 0 Å². The second-order valence-electron chi connectivity index (χ2n) is 7.18. The first-order valence-electron chi connectivity index (χ1n) is 9.99. The minimum absolute atomic E-state index is 0.197. The number of rotatable bonds is 7. The minimum Gasteiger partial charge on any atom is -0.497 e. The topological polar surface area (TPSA) is 107 Å². The fraction of sp³-hybridized carbons (Fsp3) is 0.409. The van der Waals surface area contributed by atoms with E-state index in [9.17, 15) is 14.4 Å². The first-order chi connectivity index (χ1) is 14.9. The molecule has 2 aromatic rings. The molecule has 0 spiro atoms. The molecule has 0 bridgehead atoms. The van der Waals surface area contributed by atoms with Crippen molar-refractivity contribution < 1.29 is 33.0 Å². The average Bonchev–Trinajstić information content (AvgIpc) is 3.33. The lowest BCUT2D eigenvalue weighted by molar-refractivity contribution is -0.158. The second kappa shape index (κ2) is 10.0. The van der Waals surface area contributed by atoms with Gasteiger partial charge in [0.1, 0.15) is 11.5 Å². The van der Waals surface area contributed by atoms with Crippen LogP contribution in [0.4, 0.5) is 5.69 Å². The van der Waals surface area contributed by atoms with Crippen molar-refractivity contribution in [2.45, 2.75) is 25.9 Å². The van der Waals surface area contributed by atoms with E-state index < -0.39 is 18.0 Å². The zero-order chi connectivity index (χ0) is 22.4. The predicted molar refractivity (Wildman–Crippen MR) is 111 cm³/mol. The van der Waals surface area contributed by atoms with E-state index in [4.69, 9.17) is 18.6 Å². The first kappa shape index (κ1) is 22.2. The summed E-state index contributed by atoms with van der Waals surface area (Å²) in [6.45, 7) is 2.34. The zero-order valence-corrected chi connectivity index (χ0v) is 17.8. The maximum absolute atomic E-state index is 12.5. The van der Waals surface area contributed by atoms with Crippen molar-refractivity contribution in [2.24, 2.45) is 5.92 Å². The smallest absolute Gasteiger partial charge is 0.309 e. The van der Waals surface area contributed by atoms with Gasteiger partial charge < -0.3 is 28.8 Å². The number of piperidine rings is 1. The number of benzene rings is 1. The Hall–Kier alpha value is -3.49. The molecule has 1 fully saturated rings. The van der Waals surface area contributed by atoms with Crippen molar-refractivity contribution in [3.8, 4) is 11.5 Å². The standard InChI is InChI=1S/C22H26N2O7/c1-14(20(25)23-17-13-16(28-2)6-7-18(17)29-3)31-22(27)15-8-10-24(11-9-15)21(26)19-5-4-12-30-19/h4-7,12-15H,8-11H2,1-3H3,(H,23,25). The molecule has 2 amide bonds. The van der Waals surface area contributed by atoms with Crippen molar-refractivity contribution in [3.05, 3.63) is 42.4 Å². The van der Waals surface area contributed by atoms with E-state index >= 15 is 0 Å². The van der Waals surface area contributed by atoms with Crippen LogP contribution in [0, 0.1) is 5.92 Å². The van der Waals surface area contributed by atoms with Gasteiger partial charge in [0.05, 0.1) is 32.1 Å². The Morgan fingerprint density at radius 3 is 2.48 bits per heavy atom. The number of likely N-dealkylation sites (tertiary alicyclic amines) is 1. The van der Waals surface area contributed by atoms with Crippen LogP contribution in [-0.4, -0.2) is 56.1 Å². The highest BCUT2D eigenvalue weighted by atomic mass is 16.5. The number of carbonyl (C=O) groups excluding carboxylic acids is 3. The van der Waals surface area contributed by atoms with E-state index in [1.807, 2.05) is 0 Å². The minimum atomic E-state index is -0.994. The van der Waals surface area contributed by atoms with Crippen LogP contribution in [0.15, 0.2) is 41.0 Å². The van der Waals surface area contributed by atoms with Crippen LogP contribution in [0.5, 0.6) is 11.5 Å². The molecule has 31 heavy (non-hydrogen) atoms. The van der Waals surface area contributed by atoms with Gasteiger partial charge in [-0.05, 0) is 44.0 Å². The number of furan rings is 1. The number of hydrogen-bond acceptors (Lipinski definition) is 7. The molecular weight excluding hydrogens is 404 g/mol. The summed E-state index contributed by atoms with van der Waals surface area (Å²) in [4.78, 5) is 39.0. The Balaban J connectivity index is 1.51. The van der Waals surface area contributed by atoms with E-state index in [1.54, 1.807) is 35.2 Å². The Kier molecular flexibility index (Phi) is 7.17. The lowest BCUT2D eigenvalue weighted by Gasteiger charge is -2.30. The summed E-state index contributed by atoms with van der Waals surface area (Å²) < 4.78 is 20.9. The van der Waals surface area contributed by atoms with Gasteiger partial charge in [-0.3, -0.25) is 14.4 Å². The van der Waals surface area contributed by atoms with E-state index in [-0.39, 0.29) is 17.6 Å². The summed E-state index contributed by atoms with van der Waals surface area (Å²) in [5.74, 6) is -0.216. The number of ether oxygens (including phenoxy) is 3. The monoisotopic (exact) mass is 430 g/mol. The summed E-state index contributed by atoms with van der Waals surface area (Å²) in [6.07, 6.45) is 1.38. The number of nitrogens with zero attached hydrogens (tertiary/aromatic N) is 1. The molecule has 0 saturated carbocycles. The Morgan fingerprint density at radius 1 is 1.13 bits per heavy atom. The van der Waals surface area contributed by atoms with Gasteiger partial charge in [-0.15, -0.1) is 0 Å². The lowest BCUT2D eigenvalue weighted by atomic mass is 9.97. The van der Waals surface area contributed by atoms with Crippen molar-refractivity contribution in [3.63, 3.8) is 0 Å². The number of carbonyl (C=O) groups is 3. The molecular formula is C22H26N2O7. The van der Waals surface area contributed by atoms with E-state index in [0.717, 1.165) is 0 Å². The van der Waals surface area contributed by atoms with Gasteiger partial charge in [-0.2, -0.15) is 0 Å². The zero-order valence-electron chi connectivity index (χ0n) is 17.8. The highest BCUT2D eigenvalue weighted by Gasteiger charge is 2.31. The largest absolute Gasteiger partial charge is 0.497 e. The number of hydrogen-bond donors (Lipinski definition) is 1. The first-order valence-corrected chi connectivity index (χ1v) is 9.99. The number of nitrogens with one attached hydrogen (secondary N) is 1. The third-order valence-electron chi connectivity index (χ3n) is 5.17. The van der Waals surface area contributed by atoms with E-state index in [1.165, 1.54) is 27.4 Å². The quantitative estimate of drug-likeness (QED) is 0.673. The molecule has 1 aromatic heterocycles. The van der Waals surface area contributed by atoms with Gasteiger partial charge in [0, 0.05) is 19.2 Å². The van der Waals surface area contributed by atoms with Crippen molar-refractivity contribution in [1.29, 1.82) is 0 Å². The molecule has 0 aliphatic carbocycles. The Bertz CT molecular complexity index is 918. The predicted octanol–water partition coefficient (Wildman–Crippen LogP) is 2.72. The number of esters is 1. The highest BCUT2D eigenvalue weighted by molar-refractivity contribution is 5.96. The highest BCUT2D eigenvalue weighted by Crippen LogP contribution is 2.29. The van der Waals surface area contributed by atoms with Gasteiger partial charge in [-0.25, -0.2) is 0 Å². The molecule has 1 aliphatic rings. The number of amides is 2. The SMILES string of the molecule is COc1ccc(OC)c(NC(=O)C(C)OC(=O)C2CCN(C(=O)c3ccco3)CC2)c1. The third-order valence-corrected chi connectivity index (χ3v) is 5.17. The summed E-state index contributed by atoms with van der Waals surface area (Å²) in [5, 5.41) is 2.70. The third kappa shape index (κ3) is 5.36. The van der Waals surface area contributed by atoms with Gasteiger partial charge in [0.25, 0.3) is 11.8 Å². The molecule has 0 radical (unpaired) electrons. The van der Waals surface area contributed by atoms with Gasteiger partial charge in [0.15, 0.2) is 11.9 Å². The molecule has 1 saturated heterocycles. The molecule has 2 heterocycles. The van der Waals surface area contributed by atoms with Gasteiger partial charge in [-0.1, -0.05) is 0 Å². The average molecular weight is 430 g/mol. The van der Waals surface area contributed by atoms with Crippen LogP contribution >= 0.6 is 0 Å². The normalized spacial score (nSPS) is 15.1. The summed E-state index contributed by atoms with van der Waals surface area (Å²) >= 11 is 0.